The number of nitrogens with zero attached hydrogens (tertiary/aromatic N) is 2. The van der Waals surface area contributed by atoms with Crippen LogP contribution in [0.5, 0.6) is 0 Å². The third-order valence-corrected chi connectivity index (χ3v) is 5.61. The van der Waals surface area contributed by atoms with E-state index >= 15 is 0 Å². The summed E-state index contributed by atoms with van der Waals surface area (Å²) in [6, 6.07) is 13.8. The zero-order chi connectivity index (χ0) is 18.6. The predicted octanol–water partition coefficient (Wildman–Crippen LogP) is 1.93. The molecule has 0 fully saturated rings. The maximum atomic E-state index is 12.3. The Morgan fingerprint density at radius 3 is 2.20 bits per heavy atom. The summed E-state index contributed by atoms with van der Waals surface area (Å²) in [5, 5.41) is 2.85. The van der Waals surface area contributed by atoms with Crippen LogP contribution in [0, 0.1) is 0 Å². The van der Waals surface area contributed by atoms with E-state index < -0.39 is 10.0 Å². The Bertz CT molecular complexity index is 844. The number of amides is 1. The van der Waals surface area contributed by atoms with Gasteiger partial charge in [-0.3, -0.25) is 4.79 Å². The van der Waals surface area contributed by atoms with Gasteiger partial charge in [0.25, 0.3) is 5.91 Å². The van der Waals surface area contributed by atoms with Crippen molar-refractivity contribution >= 4 is 21.6 Å². The molecule has 134 valence electrons. The van der Waals surface area contributed by atoms with Crippen molar-refractivity contribution < 1.29 is 13.2 Å². The van der Waals surface area contributed by atoms with Gasteiger partial charge < -0.3 is 10.2 Å². The van der Waals surface area contributed by atoms with E-state index in [-0.39, 0.29) is 10.8 Å². The van der Waals surface area contributed by atoms with E-state index in [0.29, 0.717) is 12.1 Å². The van der Waals surface area contributed by atoms with Crippen molar-refractivity contribution in [2.45, 2.75) is 11.4 Å². The zero-order valence-electron chi connectivity index (χ0n) is 14.9. The highest BCUT2D eigenvalue weighted by atomic mass is 32.2. The lowest BCUT2D eigenvalue weighted by atomic mass is 10.1. The molecule has 0 aliphatic heterocycles. The lowest BCUT2D eigenvalue weighted by molar-refractivity contribution is 0.0951. The molecular weight excluding hydrogens is 338 g/mol. The zero-order valence-corrected chi connectivity index (χ0v) is 15.7. The third kappa shape index (κ3) is 4.58. The van der Waals surface area contributed by atoms with Crippen LogP contribution in [-0.4, -0.2) is 46.8 Å². The number of rotatable bonds is 6. The van der Waals surface area contributed by atoms with Gasteiger partial charge in [0.2, 0.25) is 10.0 Å². The number of hydrogen-bond acceptors (Lipinski definition) is 4. The Balaban J connectivity index is 2.04. The van der Waals surface area contributed by atoms with Crippen molar-refractivity contribution in [1.29, 1.82) is 0 Å². The molecule has 0 aromatic heterocycles. The Hall–Kier alpha value is -2.38. The highest BCUT2D eigenvalue weighted by molar-refractivity contribution is 7.89. The second kappa shape index (κ2) is 7.67. The van der Waals surface area contributed by atoms with Gasteiger partial charge in [0.1, 0.15) is 0 Å². The molecule has 25 heavy (non-hydrogen) atoms. The summed E-state index contributed by atoms with van der Waals surface area (Å²) < 4.78 is 25.2. The number of carbonyl (C=O) groups is 1. The Morgan fingerprint density at radius 2 is 1.64 bits per heavy atom. The molecule has 0 radical (unpaired) electrons. The van der Waals surface area contributed by atoms with Gasteiger partial charge in [-0.05, 0) is 35.9 Å². The monoisotopic (exact) mass is 361 g/mol. The van der Waals surface area contributed by atoms with Crippen LogP contribution in [0.25, 0.3) is 0 Å². The Morgan fingerprint density at radius 1 is 1.00 bits per heavy atom. The van der Waals surface area contributed by atoms with Gasteiger partial charge in [0.05, 0.1) is 4.90 Å². The molecule has 0 saturated carbocycles. The van der Waals surface area contributed by atoms with Crippen molar-refractivity contribution in [1.82, 2.24) is 9.62 Å². The summed E-state index contributed by atoms with van der Waals surface area (Å²) in [6.07, 6.45) is 0. The topological polar surface area (TPSA) is 69.7 Å². The maximum absolute atomic E-state index is 12.3. The van der Waals surface area contributed by atoms with Crippen molar-refractivity contribution in [3.8, 4) is 0 Å². The van der Waals surface area contributed by atoms with E-state index in [1.54, 1.807) is 30.3 Å². The first kappa shape index (κ1) is 19.0. The number of carbonyl (C=O) groups excluding carboxylic acids is 1. The van der Waals surface area contributed by atoms with Gasteiger partial charge in [0.15, 0.2) is 0 Å². The van der Waals surface area contributed by atoms with Crippen LogP contribution in [0.1, 0.15) is 15.9 Å². The third-order valence-electron chi connectivity index (χ3n) is 3.78. The number of nitrogens with one attached hydrogen (secondary N) is 1. The van der Waals surface area contributed by atoms with E-state index in [1.807, 2.05) is 37.2 Å². The normalized spacial score (nSPS) is 11.4. The molecule has 2 aromatic carbocycles. The van der Waals surface area contributed by atoms with Crippen LogP contribution in [0.2, 0.25) is 0 Å². The molecule has 2 rings (SSSR count). The minimum Gasteiger partial charge on any atom is -0.378 e. The molecule has 6 nitrogen and oxygen atoms in total. The molecule has 0 aliphatic rings. The molecule has 0 heterocycles. The van der Waals surface area contributed by atoms with E-state index in [1.165, 1.54) is 18.4 Å². The summed E-state index contributed by atoms with van der Waals surface area (Å²) >= 11 is 0. The van der Waals surface area contributed by atoms with Gasteiger partial charge >= 0.3 is 0 Å². The molecule has 0 bridgehead atoms. The number of anilines is 1. The fourth-order valence-corrected chi connectivity index (χ4v) is 3.10. The molecule has 0 spiro atoms. The van der Waals surface area contributed by atoms with E-state index in [0.717, 1.165) is 11.3 Å². The van der Waals surface area contributed by atoms with E-state index in [4.69, 9.17) is 0 Å². The van der Waals surface area contributed by atoms with Crippen molar-refractivity contribution in [3.63, 3.8) is 0 Å². The molecular formula is C18H23N3O3S. The standard InChI is InChI=1S/C18H23N3O3S/c1-20(2)16-7-5-6-15(12-16)18(22)19-13-14-8-10-17(11-9-14)25(23,24)21(3)4/h5-12H,13H2,1-4H3,(H,19,22). The average molecular weight is 361 g/mol. The lowest BCUT2D eigenvalue weighted by Crippen LogP contribution is -2.24. The fraction of sp³-hybridized carbons (Fsp3) is 0.278. The molecule has 1 amide bonds. The first-order valence-electron chi connectivity index (χ1n) is 7.79. The molecule has 2 aromatic rings. The minimum absolute atomic E-state index is 0.173. The maximum Gasteiger partial charge on any atom is 0.251 e. The van der Waals surface area contributed by atoms with Crippen LogP contribution in [0.15, 0.2) is 53.4 Å². The van der Waals surface area contributed by atoms with Crippen molar-refractivity contribution in [2.75, 3.05) is 33.1 Å². The Kier molecular flexibility index (Phi) is 5.81. The summed E-state index contributed by atoms with van der Waals surface area (Å²) in [5.41, 5.74) is 2.36. The van der Waals surface area contributed by atoms with Gasteiger partial charge in [-0.25, -0.2) is 12.7 Å². The smallest absolute Gasteiger partial charge is 0.251 e. The summed E-state index contributed by atoms with van der Waals surface area (Å²) in [7, 11) is 3.38. The minimum atomic E-state index is -3.44. The molecule has 1 N–H and O–H groups in total. The number of sulfonamides is 1. The number of hydrogen-bond donors (Lipinski definition) is 1. The highest BCUT2D eigenvalue weighted by Crippen LogP contribution is 2.15. The average Bonchev–Trinajstić information content (AvgIpc) is 2.60. The van der Waals surface area contributed by atoms with Crippen LogP contribution in [0.4, 0.5) is 5.69 Å². The quantitative estimate of drug-likeness (QED) is 0.854. The summed E-state index contributed by atoms with van der Waals surface area (Å²) in [6.45, 7) is 0.327. The van der Waals surface area contributed by atoms with Crippen LogP contribution < -0.4 is 10.2 Å². The van der Waals surface area contributed by atoms with Gasteiger partial charge in [-0.1, -0.05) is 18.2 Å². The first-order valence-corrected chi connectivity index (χ1v) is 9.23. The van der Waals surface area contributed by atoms with E-state index in [2.05, 4.69) is 5.32 Å². The molecule has 0 atom stereocenters. The first-order chi connectivity index (χ1) is 11.7. The van der Waals surface area contributed by atoms with Crippen molar-refractivity contribution in [2.24, 2.45) is 0 Å². The van der Waals surface area contributed by atoms with E-state index in [9.17, 15) is 13.2 Å². The van der Waals surface area contributed by atoms with Gasteiger partial charge in [0, 0.05) is 46.0 Å². The van der Waals surface area contributed by atoms with Gasteiger partial charge in [-0.2, -0.15) is 0 Å². The molecule has 0 saturated heterocycles. The second-order valence-electron chi connectivity index (χ2n) is 6.06. The predicted molar refractivity (Wildman–Crippen MR) is 99.3 cm³/mol. The Labute approximate surface area is 149 Å². The largest absolute Gasteiger partial charge is 0.378 e. The van der Waals surface area contributed by atoms with Crippen LogP contribution in [-0.2, 0) is 16.6 Å². The lowest BCUT2D eigenvalue weighted by Gasteiger charge is -2.14. The number of benzene rings is 2. The van der Waals surface area contributed by atoms with Crippen LogP contribution >= 0.6 is 0 Å². The molecule has 7 heteroatoms. The van der Waals surface area contributed by atoms with Gasteiger partial charge in [-0.15, -0.1) is 0 Å². The van der Waals surface area contributed by atoms with Crippen LogP contribution in [0.3, 0.4) is 0 Å². The van der Waals surface area contributed by atoms with Crippen molar-refractivity contribution in [3.05, 3.63) is 59.7 Å². The molecule has 0 aliphatic carbocycles. The fourth-order valence-electron chi connectivity index (χ4n) is 2.20. The summed E-state index contributed by atoms with van der Waals surface area (Å²) in [4.78, 5) is 14.4. The second-order valence-corrected chi connectivity index (χ2v) is 8.21. The molecule has 0 unspecified atom stereocenters. The SMILES string of the molecule is CN(C)c1cccc(C(=O)NCc2ccc(S(=O)(=O)N(C)C)cc2)c1. The summed E-state index contributed by atoms with van der Waals surface area (Å²) in [5.74, 6) is -0.173. The highest BCUT2D eigenvalue weighted by Gasteiger charge is 2.16.